The molecule has 1 atom stereocenters. The summed E-state index contributed by atoms with van der Waals surface area (Å²) in [4.78, 5) is 0. The van der Waals surface area contributed by atoms with Crippen LogP contribution in [0.2, 0.25) is 0 Å². The maximum Gasteiger partial charge on any atom is 4.00 e. The third kappa shape index (κ3) is 8.15. The minimum absolute atomic E-state index is 0. The van der Waals surface area contributed by atoms with Crippen molar-refractivity contribution in [2.45, 2.75) is 44.9 Å². The maximum absolute atomic E-state index is 3.74. The SMILES string of the molecule is C=CCC1[C-]=Cc2ccccc21.CCCCC1=[C-]CC=C1.[Cl-].[Cl-].[Zr+4]. The molecule has 0 nitrogen and oxygen atoms in total. The van der Waals surface area contributed by atoms with Gasteiger partial charge in [0, 0.05) is 0 Å². The van der Waals surface area contributed by atoms with Gasteiger partial charge in [-0.3, -0.25) is 12.2 Å². The molecule has 0 aliphatic heterocycles. The summed E-state index contributed by atoms with van der Waals surface area (Å²) >= 11 is 0. The fourth-order valence-corrected chi connectivity index (χ4v) is 2.59. The molecule has 3 rings (SSSR count). The Hall–Kier alpha value is -0.357. The van der Waals surface area contributed by atoms with Crippen LogP contribution in [0, 0.1) is 12.2 Å². The van der Waals surface area contributed by atoms with Crippen molar-refractivity contribution in [1.82, 2.24) is 0 Å². The second-order valence-corrected chi connectivity index (χ2v) is 5.43. The van der Waals surface area contributed by atoms with Gasteiger partial charge in [0.15, 0.2) is 0 Å². The van der Waals surface area contributed by atoms with Crippen LogP contribution in [0.1, 0.15) is 56.1 Å². The van der Waals surface area contributed by atoms with Gasteiger partial charge < -0.3 is 24.8 Å². The Morgan fingerprint density at radius 2 is 2.00 bits per heavy atom. The Morgan fingerprint density at radius 1 is 1.25 bits per heavy atom. The molecule has 1 aromatic rings. The Bertz CT molecular complexity index is 559. The molecule has 0 aromatic heterocycles. The summed E-state index contributed by atoms with van der Waals surface area (Å²) in [7, 11) is 0. The van der Waals surface area contributed by atoms with E-state index in [0.29, 0.717) is 5.92 Å². The molecule has 2 aliphatic carbocycles. The molecule has 3 heteroatoms. The first-order valence-corrected chi connectivity index (χ1v) is 7.90. The Balaban J connectivity index is 0. The van der Waals surface area contributed by atoms with E-state index >= 15 is 0 Å². The van der Waals surface area contributed by atoms with Gasteiger partial charge in [-0.05, 0) is 6.42 Å². The number of allylic oxidation sites excluding steroid dienone is 6. The average molecular weight is 439 g/mol. The van der Waals surface area contributed by atoms with Gasteiger partial charge in [0.2, 0.25) is 0 Å². The van der Waals surface area contributed by atoms with Gasteiger partial charge in [-0.1, -0.05) is 56.4 Å². The smallest absolute Gasteiger partial charge is 1.00 e. The summed E-state index contributed by atoms with van der Waals surface area (Å²) in [6.45, 7) is 5.96. The summed E-state index contributed by atoms with van der Waals surface area (Å²) < 4.78 is 0. The van der Waals surface area contributed by atoms with E-state index in [2.05, 4.69) is 68.1 Å². The van der Waals surface area contributed by atoms with E-state index in [1.807, 2.05) is 6.08 Å². The molecule has 0 amide bonds. The second-order valence-electron chi connectivity index (χ2n) is 5.43. The van der Waals surface area contributed by atoms with Gasteiger partial charge in [-0.25, -0.2) is 17.7 Å². The molecule has 1 unspecified atom stereocenters. The van der Waals surface area contributed by atoms with E-state index in [4.69, 9.17) is 0 Å². The number of rotatable bonds is 5. The Morgan fingerprint density at radius 3 is 2.62 bits per heavy atom. The molecule has 2 aliphatic rings. The van der Waals surface area contributed by atoms with Crippen molar-refractivity contribution in [3.63, 3.8) is 0 Å². The van der Waals surface area contributed by atoms with Gasteiger partial charge in [0.1, 0.15) is 0 Å². The molecule has 24 heavy (non-hydrogen) atoms. The van der Waals surface area contributed by atoms with Gasteiger partial charge in [0.25, 0.3) is 0 Å². The predicted molar refractivity (Wildman–Crippen MR) is 91.7 cm³/mol. The van der Waals surface area contributed by atoms with Gasteiger partial charge >= 0.3 is 26.2 Å². The van der Waals surface area contributed by atoms with Crippen LogP contribution in [0.3, 0.4) is 0 Å². The number of hydrogen-bond acceptors (Lipinski definition) is 0. The zero-order valence-electron chi connectivity index (χ0n) is 14.2. The quantitative estimate of drug-likeness (QED) is 0.450. The first kappa shape index (κ1) is 25.9. The zero-order valence-corrected chi connectivity index (χ0v) is 18.2. The topological polar surface area (TPSA) is 0 Å². The fourth-order valence-electron chi connectivity index (χ4n) is 2.59. The molecule has 0 radical (unpaired) electrons. The monoisotopic (exact) mass is 436 g/mol. The molecule has 0 saturated carbocycles. The van der Waals surface area contributed by atoms with Crippen LogP contribution in [0.4, 0.5) is 0 Å². The van der Waals surface area contributed by atoms with E-state index in [9.17, 15) is 0 Å². The van der Waals surface area contributed by atoms with Crippen molar-refractivity contribution in [1.29, 1.82) is 0 Å². The zero-order chi connectivity index (χ0) is 14.9. The first-order chi connectivity index (χ1) is 10.3. The third-order valence-electron chi connectivity index (χ3n) is 3.78. The van der Waals surface area contributed by atoms with Crippen LogP contribution in [0.5, 0.6) is 0 Å². The molecule has 1 aromatic carbocycles. The summed E-state index contributed by atoms with van der Waals surface area (Å²) in [5, 5.41) is 0. The van der Waals surface area contributed by atoms with Crippen molar-refractivity contribution in [3.8, 4) is 0 Å². The van der Waals surface area contributed by atoms with Crippen LogP contribution in [0.15, 0.2) is 54.6 Å². The maximum atomic E-state index is 3.74. The van der Waals surface area contributed by atoms with E-state index in [0.717, 1.165) is 12.8 Å². The fraction of sp³-hybridized carbons (Fsp3) is 0.333. The summed E-state index contributed by atoms with van der Waals surface area (Å²) in [5.74, 6) is 0.443. The number of benzene rings is 1. The van der Waals surface area contributed by atoms with E-state index < -0.39 is 0 Å². The van der Waals surface area contributed by atoms with Crippen molar-refractivity contribution < 1.29 is 51.0 Å². The molecule has 0 fully saturated rings. The van der Waals surface area contributed by atoms with Gasteiger partial charge in [-0.2, -0.15) is 11.6 Å². The van der Waals surface area contributed by atoms with Crippen LogP contribution in [0.25, 0.3) is 6.08 Å². The average Bonchev–Trinajstić information content (AvgIpc) is 3.16. The van der Waals surface area contributed by atoms with Crippen molar-refractivity contribution in [2.75, 3.05) is 0 Å². The van der Waals surface area contributed by atoms with Crippen LogP contribution in [-0.2, 0) is 26.2 Å². The number of unbranched alkanes of at least 4 members (excludes halogenated alkanes) is 1. The van der Waals surface area contributed by atoms with Crippen LogP contribution >= 0.6 is 0 Å². The third-order valence-corrected chi connectivity index (χ3v) is 3.78. The van der Waals surface area contributed by atoms with Gasteiger partial charge in [0.05, 0.1) is 0 Å². The standard InChI is InChI=1S/C12H11.C9H13.2ClH.Zr/c1-2-5-10-8-9-11-6-3-4-7-12(10)11;1-2-3-6-9-7-4-5-8-9;;;/h2-4,6-7,9-10H,1,5H2;4,7H,2-3,5-6H2,1H3;2*1H;/q2*-1;;;+4/p-2. The molecule has 0 saturated heterocycles. The molecule has 126 valence electrons. The van der Waals surface area contributed by atoms with Crippen molar-refractivity contribution >= 4 is 6.08 Å². The number of fused-ring (bicyclic) bond motifs is 1. The number of hydrogen-bond donors (Lipinski definition) is 0. The van der Waals surface area contributed by atoms with Gasteiger partial charge in [-0.15, -0.1) is 24.6 Å². The van der Waals surface area contributed by atoms with Crippen molar-refractivity contribution in [2.24, 2.45) is 0 Å². The van der Waals surface area contributed by atoms with E-state index in [-0.39, 0.29) is 51.0 Å². The summed E-state index contributed by atoms with van der Waals surface area (Å²) in [6.07, 6.45) is 20.9. The predicted octanol–water partition coefficient (Wildman–Crippen LogP) is 0.0479. The minimum atomic E-state index is 0. The Labute approximate surface area is 179 Å². The Kier molecular flexibility index (Phi) is 16.1. The normalized spacial score (nSPS) is 15.7. The van der Waals surface area contributed by atoms with E-state index in [1.165, 1.54) is 36.0 Å². The summed E-state index contributed by atoms with van der Waals surface area (Å²) in [6, 6.07) is 8.44. The molecule has 0 bridgehead atoms. The van der Waals surface area contributed by atoms with Crippen LogP contribution in [-0.4, -0.2) is 0 Å². The van der Waals surface area contributed by atoms with Crippen LogP contribution < -0.4 is 24.8 Å². The van der Waals surface area contributed by atoms with Crippen molar-refractivity contribution in [3.05, 3.63) is 77.9 Å². The number of halogens is 2. The van der Waals surface area contributed by atoms with E-state index in [1.54, 1.807) is 0 Å². The molecule has 0 spiro atoms. The molecular weight excluding hydrogens is 414 g/mol. The molecular formula is C21H24Cl2Zr. The molecule has 0 heterocycles. The summed E-state index contributed by atoms with van der Waals surface area (Å²) in [5.41, 5.74) is 4.11. The second kappa shape index (κ2) is 14.9. The largest absolute Gasteiger partial charge is 4.00 e. The first-order valence-electron chi connectivity index (χ1n) is 7.90. The minimum Gasteiger partial charge on any atom is -1.00 e. The molecule has 0 N–H and O–H groups in total.